The number of ether oxygens (including phenoxy) is 1. The molecule has 2 aliphatic heterocycles. The normalized spacial score (nSPS) is 30.5. The highest BCUT2D eigenvalue weighted by Crippen LogP contribution is 2.38. The first-order valence-corrected chi connectivity index (χ1v) is 10.8. The van der Waals surface area contributed by atoms with Crippen molar-refractivity contribution in [3.63, 3.8) is 0 Å². The molecule has 1 saturated heterocycles. The number of amides is 1. The predicted molar refractivity (Wildman–Crippen MR) is 96.7 cm³/mol. The highest BCUT2D eigenvalue weighted by atomic mass is 31.2. The van der Waals surface area contributed by atoms with Crippen LogP contribution in [-0.2, 0) is 9.53 Å². The van der Waals surface area contributed by atoms with E-state index >= 15 is 0 Å². The zero-order valence-electron chi connectivity index (χ0n) is 14.3. The third-order valence-electron chi connectivity index (χ3n) is 3.97. The number of nitrogens with one attached hydrogen (secondary N) is 1. The molecule has 0 spiro atoms. The fourth-order valence-electron chi connectivity index (χ4n) is 2.66. The molecule has 0 unspecified atom stereocenters. The number of aliphatic hydroxyl groups excluding tert-OH is 2. The van der Waals surface area contributed by atoms with Crippen LogP contribution in [0.1, 0.15) is 13.3 Å². The fourth-order valence-corrected chi connectivity index (χ4v) is 3.62. The minimum Gasteiger partial charge on any atom is -0.388 e. The van der Waals surface area contributed by atoms with Gasteiger partial charge in [0.05, 0.1) is 6.10 Å². The third-order valence-corrected chi connectivity index (χ3v) is 5.44. The average molecular weight is 352 g/mol. The zero-order valence-corrected chi connectivity index (χ0v) is 15.2. The summed E-state index contributed by atoms with van der Waals surface area (Å²) in [4.78, 5) is 13.4. The van der Waals surface area contributed by atoms with Crippen molar-refractivity contribution in [2.75, 3.05) is 19.5 Å². The van der Waals surface area contributed by atoms with Gasteiger partial charge in [0.2, 0.25) is 0 Å². The highest BCUT2D eigenvalue weighted by Gasteiger charge is 2.46. The molecule has 0 aromatic carbocycles. The molecule has 0 aliphatic carbocycles. The van der Waals surface area contributed by atoms with Crippen molar-refractivity contribution >= 4 is 19.1 Å². The second kappa shape index (κ2) is 7.16. The van der Waals surface area contributed by atoms with Gasteiger partial charge in [-0.25, -0.2) is 0 Å². The first-order chi connectivity index (χ1) is 11.1. The minimum absolute atomic E-state index is 0.253. The van der Waals surface area contributed by atoms with Crippen molar-refractivity contribution < 1.29 is 19.7 Å². The molecule has 2 aliphatic rings. The molecule has 0 aromatic rings. The van der Waals surface area contributed by atoms with Crippen molar-refractivity contribution in [1.29, 1.82) is 0 Å². The molecular formula is C17H25N2O4P. The summed E-state index contributed by atoms with van der Waals surface area (Å²) in [5, 5.41) is 23.2. The zero-order chi connectivity index (χ0) is 18.1. The Hall–Kier alpha value is -1.51. The van der Waals surface area contributed by atoms with E-state index in [2.05, 4.69) is 43.4 Å². The summed E-state index contributed by atoms with van der Waals surface area (Å²) < 4.78 is 5.86. The lowest BCUT2D eigenvalue weighted by atomic mass is 10.1. The monoisotopic (exact) mass is 352 g/mol. The maximum Gasteiger partial charge on any atom is 0.266 e. The molecule has 6 nitrogen and oxygen atoms in total. The van der Waals surface area contributed by atoms with E-state index in [1.165, 1.54) is 11.1 Å². The SMILES string of the molecule is C=C1NC(=O)C(C#CC)=CN1[C@@H]1O[C@H](CCP(=C)(C)C)[C@@H](O)[C@H]1O. The Labute approximate surface area is 143 Å². The van der Waals surface area contributed by atoms with E-state index in [-0.39, 0.29) is 17.3 Å². The summed E-state index contributed by atoms with van der Waals surface area (Å²) in [6, 6.07) is 0. The molecular weight excluding hydrogens is 327 g/mol. The third kappa shape index (κ3) is 4.12. The van der Waals surface area contributed by atoms with Crippen LogP contribution < -0.4 is 5.32 Å². The number of aliphatic hydroxyl groups is 2. The number of carbonyl (C=O) groups is 1. The highest BCUT2D eigenvalue weighted by molar-refractivity contribution is 7.72. The standard InChI is InChI=1S/C17H25N2O4P/c1-6-7-12-10-19(11(2)18-16(12)22)17-15(21)14(20)13(23-17)8-9-24(3,4)5/h10,13-15,17,20-21H,2-3,8-9H2,1,4-5H3,(H,18,22)/t13-,14-,15-,17-/m1/s1. The van der Waals surface area contributed by atoms with Gasteiger partial charge < -0.3 is 25.2 Å². The first-order valence-electron chi connectivity index (χ1n) is 7.76. The maximum absolute atomic E-state index is 11.9. The van der Waals surface area contributed by atoms with Crippen molar-refractivity contribution in [2.45, 2.75) is 37.9 Å². The van der Waals surface area contributed by atoms with E-state index in [0.29, 0.717) is 6.42 Å². The second-order valence-electron chi connectivity index (χ2n) is 6.72. The Morgan fingerprint density at radius 2 is 2.08 bits per heavy atom. The largest absolute Gasteiger partial charge is 0.388 e. The molecule has 24 heavy (non-hydrogen) atoms. The average Bonchev–Trinajstić information content (AvgIpc) is 2.75. The van der Waals surface area contributed by atoms with Gasteiger partial charge in [-0.3, -0.25) is 4.79 Å². The molecule has 3 N–H and O–H groups in total. The van der Waals surface area contributed by atoms with Gasteiger partial charge >= 0.3 is 0 Å². The van der Waals surface area contributed by atoms with Gasteiger partial charge in [-0.05, 0) is 32.8 Å². The van der Waals surface area contributed by atoms with Crippen LogP contribution in [0.25, 0.3) is 0 Å². The predicted octanol–water partition coefficient (Wildman–Crippen LogP) is 0.343. The van der Waals surface area contributed by atoms with E-state index in [4.69, 9.17) is 4.74 Å². The lowest BCUT2D eigenvalue weighted by molar-refractivity contribution is -0.119. The van der Waals surface area contributed by atoms with E-state index in [0.717, 1.165) is 6.16 Å². The Morgan fingerprint density at radius 3 is 2.67 bits per heavy atom. The van der Waals surface area contributed by atoms with Gasteiger partial charge in [-0.15, -0.1) is 19.1 Å². The van der Waals surface area contributed by atoms with Crippen LogP contribution in [0.2, 0.25) is 0 Å². The van der Waals surface area contributed by atoms with Crippen LogP contribution in [0.5, 0.6) is 0 Å². The molecule has 1 fully saturated rings. The second-order valence-corrected chi connectivity index (χ2v) is 11.0. The fraction of sp³-hybridized carbons (Fsp3) is 0.529. The van der Waals surface area contributed by atoms with E-state index in [1.807, 2.05) is 0 Å². The smallest absolute Gasteiger partial charge is 0.266 e. The Balaban J connectivity index is 2.18. The molecule has 4 atom stereocenters. The number of nitrogens with zero attached hydrogens (tertiary/aromatic N) is 1. The number of hydrogen-bond donors (Lipinski definition) is 3. The molecule has 1 amide bonds. The summed E-state index contributed by atoms with van der Waals surface area (Å²) in [6.07, 6.45) is 3.71. The molecule has 2 heterocycles. The quantitative estimate of drug-likeness (QED) is 0.502. The Morgan fingerprint density at radius 1 is 1.42 bits per heavy atom. The molecule has 0 radical (unpaired) electrons. The van der Waals surface area contributed by atoms with Crippen LogP contribution >= 0.6 is 6.89 Å². The minimum atomic E-state index is -1.25. The Bertz CT molecular complexity index is 670. The van der Waals surface area contributed by atoms with Gasteiger partial charge in [0, 0.05) is 6.20 Å². The van der Waals surface area contributed by atoms with Crippen molar-refractivity contribution in [3.8, 4) is 11.8 Å². The summed E-state index contributed by atoms with van der Waals surface area (Å²) in [5.74, 6) is 5.30. The van der Waals surface area contributed by atoms with Gasteiger partial charge in [0.15, 0.2) is 6.23 Å². The van der Waals surface area contributed by atoms with Crippen LogP contribution in [0, 0.1) is 11.8 Å². The molecule has 0 bridgehead atoms. The van der Waals surface area contributed by atoms with E-state index < -0.39 is 31.4 Å². The molecule has 7 heteroatoms. The number of hydrogen-bond acceptors (Lipinski definition) is 5. The van der Waals surface area contributed by atoms with Crippen molar-refractivity contribution in [2.24, 2.45) is 0 Å². The van der Waals surface area contributed by atoms with Crippen molar-refractivity contribution in [3.05, 3.63) is 24.2 Å². The van der Waals surface area contributed by atoms with Crippen LogP contribution in [-0.4, -0.2) is 71.4 Å². The van der Waals surface area contributed by atoms with Gasteiger partial charge in [0.25, 0.3) is 5.91 Å². The number of rotatable bonds is 4. The first kappa shape index (κ1) is 18.8. The van der Waals surface area contributed by atoms with Crippen LogP contribution in [0.15, 0.2) is 24.2 Å². The maximum atomic E-state index is 11.9. The van der Waals surface area contributed by atoms with Gasteiger partial charge in [0.1, 0.15) is 23.6 Å². The molecule has 2 rings (SSSR count). The van der Waals surface area contributed by atoms with Crippen molar-refractivity contribution in [1.82, 2.24) is 10.2 Å². The topological polar surface area (TPSA) is 82.0 Å². The van der Waals surface area contributed by atoms with Crippen LogP contribution in [0.4, 0.5) is 0 Å². The molecule has 0 saturated carbocycles. The molecule has 132 valence electrons. The summed E-state index contributed by atoms with van der Waals surface area (Å²) in [6.45, 7) is 8.39. The van der Waals surface area contributed by atoms with Crippen LogP contribution in [0.3, 0.4) is 0 Å². The Kier molecular flexibility index (Phi) is 5.62. The van der Waals surface area contributed by atoms with E-state index in [1.54, 1.807) is 6.92 Å². The summed E-state index contributed by atoms with van der Waals surface area (Å²) >= 11 is 0. The van der Waals surface area contributed by atoms with E-state index in [9.17, 15) is 15.0 Å². The van der Waals surface area contributed by atoms with Gasteiger partial charge in [-0.2, -0.15) is 0 Å². The lowest BCUT2D eigenvalue weighted by Crippen LogP contribution is -2.47. The summed E-state index contributed by atoms with van der Waals surface area (Å²) in [7, 11) is 0. The lowest BCUT2D eigenvalue weighted by Gasteiger charge is -2.33. The molecule has 0 aromatic heterocycles. The summed E-state index contributed by atoms with van der Waals surface area (Å²) in [5.41, 5.74) is 0.253. The number of carbonyl (C=O) groups excluding carboxylic acids is 1. The van der Waals surface area contributed by atoms with Gasteiger partial charge in [-0.1, -0.05) is 12.5 Å².